The molecule has 6 heteroatoms. The molecule has 4 aromatic rings. The number of thiophene rings is 4. The molecule has 7 rings (SSSR count). The van der Waals surface area contributed by atoms with Crippen molar-refractivity contribution >= 4 is 89.9 Å². The molecule has 4 aromatic heterocycles. The van der Waals surface area contributed by atoms with E-state index in [1.807, 2.05) is 57.1 Å². The lowest BCUT2D eigenvalue weighted by Crippen LogP contribution is -1.94. The minimum Gasteiger partial charge on any atom is -0.149 e. The zero-order chi connectivity index (χ0) is 18.8. The van der Waals surface area contributed by atoms with Crippen molar-refractivity contribution < 1.29 is 0 Å². The van der Waals surface area contributed by atoms with Crippen LogP contribution in [-0.4, -0.2) is 14.9 Å². The molecule has 6 heterocycles. The second-order valence-electron chi connectivity index (χ2n) is 7.10. The number of thioether (sulfide) groups is 1. The maximum absolute atomic E-state index is 2.40. The molecule has 0 amide bonds. The van der Waals surface area contributed by atoms with E-state index in [0.717, 1.165) is 0 Å². The van der Waals surface area contributed by atoms with Gasteiger partial charge in [-0.15, -0.1) is 57.1 Å². The van der Waals surface area contributed by atoms with E-state index in [4.69, 9.17) is 0 Å². The van der Waals surface area contributed by atoms with Crippen LogP contribution in [0.3, 0.4) is 0 Å². The van der Waals surface area contributed by atoms with Crippen LogP contribution in [0.25, 0.3) is 23.7 Å². The summed E-state index contributed by atoms with van der Waals surface area (Å²) >= 11 is 9.53. The molecule has 0 aromatic carbocycles. The van der Waals surface area contributed by atoms with Crippen LogP contribution < -0.4 is 5.22 Å². The fourth-order valence-electron chi connectivity index (χ4n) is 3.79. The molecule has 144 valence electrons. The Morgan fingerprint density at radius 3 is 2.36 bits per heavy atom. The molecule has 1 fully saturated rings. The Morgan fingerprint density at radius 2 is 1.54 bits per heavy atom. The van der Waals surface area contributed by atoms with Crippen LogP contribution in [0.2, 0.25) is 0 Å². The van der Waals surface area contributed by atoms with E-state index in [1.165, 1.54) is 63.1 Å². The Labute approximate surface area is 188 Å². The third kappa shape index (κ3) is 4.05. The van der Waals surface area contributed by atoms with Gasteiger partial charge in [0, 0.05) is 30.1 Å². The van der Waals surface area contributed by atoms with Crippen molar-refractivity contribution in [1.29, 1.82) is 0 Å². The summed E-state index contributed by atoms with van der Waals surface area (Å²) in [7, 11) is 0.472. The molecule has 0 N–H and O–H groups in total. The summed E-state index contributed by atoms with van der Waals surface area (Å²) in [5, 5.41) is 11.2. The lowest BCUT2D eigenvalue weighted by molar-refractivity contribution is 0.504. The first kappa shape index (κ1) is 19.5. The summed E-state index contributed by atoms with van der Waals surface area (Å²) in [4.78, 5) is 1.59. The third-order valence-corrected chi connectivity index (χ3v) is 12.7. The first-order valence-corrected chi connectivity index (χ1v) is 15.5. The van der Waals surface area contributed by atoms with Gasteiger partial charge in [-0.1, -0.05) is 44.6 Å². The van der Waals surface area contributed by atoms with Crippen molar-refractivity contribution in [2.75, 3.05) is 5.75 Å². The normalized spacial score (nSPS) is 17.3. The average Bonchev–Trinajstić information content (AvgIpc) is 3.50. The molecule has 1 saturated carbocycles. The van der Waals surface area contributed by atoms with Crippen molar-refractivity contribution in [2.45, 2.75) is 38.5 Å². The summed E-state index contributed by atoms with van der Waals surface area (Å²) < 4.78 is 6.02. The Kier molecular flexibility index (Phi) is 6.33. The largest absolute Gasteiger partial charge is 0.149 e. The molecule has 0 radical (unpaired) electrons. The van der Waals surface area contributed by atoms with Crippen molar-refractivity contribution in [3.63, 3.8) is 0 Å². The molecule has 3 aliphatic rings. The standard InChI is InChI=1S/C8H4S3.C8H6S2Si.C6H12/c2*1-3-10-8-5(1)7-6(11-8)2-4-9-7;1-2-4-6-5-3-1/h1-4H;1-3,11H,4H2;1-6H2. The Bertz CT molecular complexity index is 1170. The van der Waals surface area contributed by atoms with Gasteiger partial charge in [-0.2, -0.15) is 0 Å². The predicted octanol–water partition coefficient (Wildman–Crippen LogP) is 7.71. The van der Waals surface area contributed by atoms with E-state index in [-0.39, 0.29) is 0 Å². The third-order valence-electron chi connectivity index (χ3n) is 5.23. The molecule has 1 aliphatic carbocycles. The van der Waals surface area contributed by atoms with Crippen molar-refractivity contribution in [3.05, 3.63) is 55.0 Å². The second-order valence-corrected chi connectivity index (χ2v) is 14.1. The minimum absolute atomic E-state index is 0.472. The van der Waals surface area contributed by atoms with Gasteiger partial charge < -0.3 is 0 Å². The first-order valence-electron chi connectivity index (χ1n) is 9.86. The summed E-state index contributed by atoms with van der Waals surface area (Å²) in [6, 6.07) is 6.70. The molecule has 0 spiro atoms. The van der Waals surface area contributed by atoms with Gasteiger partial charge in [-0.3, -0.25) is 0 Å². The monoisotopic (exact) mass is 474 g/mol. The van der Waals surface area contributed by atoms with Gasteiger partial charge in [0.2, 0.25) is 0 Å². The van der Waals surface area contributed by atoms with E-state index < -0.39 is 0 Å². The zero-order valence-electron chi connectivity index (χ0n) is 15.6. The maximum atomic E-state index is 2.40. The van der Waals surface area contributed by atoms with Gasteiger partial charge in [-0.25, -0.2) is 0 Å². The van der Waals surface area contributed by atoms with Crippen LogP contribution in [0.5, 0.6) is 0 Å². The van der Waals surface area contributed by atoms with Crippen LogP contribution in [0.4, 0.5) is 0 Å². The van der Waals surface area contributed by atoms with Crippen molar-refractivity contribution in [1.82, 2.24) is 0 Å². The number of hydrogen-bond acceptors (Lipinski definition) is 5. The predicted molar refractivity (Wildman–Crippen MR) is 137 cm³/mol. The summed E-state index contributed by atoms with van der Waals surface area (Å²) in [6.45, 7) is 0. The molecule has 0 nitrogen and oxygen atoms in total. The molecule has 28 heavy (non-hydrogen) atoms. The topological polar surface area (TPSA) is 0 Å². The van der Waals surface area contributed by atoms with E-state index >= 15 is 0 Å². The fraction of sp³-hybridized carbons (Fsp3) is 0.318. The molecule has 0 unspecified atom stereocenters. The molecule has 2 aliphatic heterocycles. The molecular weight excluding hydrogens is 453 g/mol. The second kappa shape index (κ2) is 9.10. The quantitative estimate of drug-likeness (QED) is 0.235. The van der Waals surface area contributed by atoms with Crippen LogP contribution in [0, 0.1) is 4.13 Å². The van der Waals surface area contributed by atoms with Gasteiger partial charge in [-0.05, 0) is 39.5 Å². The number of hydrogen-bond donors (Lipinski definition) is 0. The Morgan fingerprint density at radius 1 is 0.786 bits per heavy atom. The van der Waals surface area contributed by atoms with Gasteiger partial charge in [0.25, 0.3) is 0 Å². The highest BCUT2D eigenvalue weighted by Gasteiger charge is 2.16. The minimum atomic E-state index is 0.472. The van der Waals surface area contributed by atoms with Crippen LogP contribution in [0.1, 0.15) is 38.5 Å². The molecule has 0 atom stereocenters. The molecular formula is C22H22S5Si. The molecule has 0 bridgehead atoms. The summed E-state index contributed by atoms with van der Waals surface area (Å²) in [5.41, 5.74) is 0. The van der Waals surface area contributed by atoms with Gasteiger partial charge >= 0.3 is 0 Å². The first-order chi connectivity index (χ1) is 13.9. The van der Waals surface area contributed by atoms with Crippen LogP contribution >= 0.6 is 57.1 Å². The van der Waals surface area contributed by atoms with E-state index in [9.17, 15) is 0 Å². The average molecular weight is 475 g/mol. The summed E-state index contributed by atoms with van der Waals surface area (Å²) in [5.74, 6) is 1.22. The molecule has 0 saturated heterocycles. The zero-order valence-corrected chi connectivity index (χ0v) is 20.8. The van der Waals surface area contributed by atoms with Crippen LogP contribution in [0.15, 0.2) is 45.6 Å². The Balaban J connectivity index is 0.0000000961. The lowest BCUT2D eigenvalue weighted by Gasteiger charge is -2.05. The fourth-order valence-corrected chi connectivity index (χ4v) is 11.7. The van der Waals surface area contributed by atoms with Gasteiger partial charge in [0.1, 0.15) is 0 Å². The smallest absolute Gasteiger partial charge is 0.0885 e. The highest BCUT2D eigenvalue weighted by molar-refractivity contribution is 8.08. The summed E-state index contributed by atoms with van der Waals surface area (Å²) in [6.07, 6.45) is 11.4. The number of fused-ring (bicyclic) bond motifs is 5. The van der Waals surface area contributed by atoms with E-state index in [1.54, 1.807) is 19.4 Å². The van der Waals surface area contributed by atoms with E-state index in [0.29, 0.717) is 9.13 Å². The lowest BCUT2D eigenvalue weighted by atomic mass is 10.0. The van der Waals surface area contributed by atoms with E-state index in [2.05, 4.69) is 40.4 Å². The van der Waals surface area contributed by atoms with Gasteiger partial charge in [0.15, 0.2) is 0 Å². The van der Waals surface area contributed by atoms with Crippen LogP contribution in [-0.2, 0) is 0 Å². The SMILES string of the molecule is C1=C2[SiH]=c3sccc3=C2SC1.C1CCCCC1.c1cc2c(s1)sc1ccsc12. The van der Waals surface area contributed by atoms with Gasteiger partial charge in [0.05, 0.1) is 17.8 Å². The Hall–Kier alpha value is -0.503. The number of rotatable bonds is 0. The highest BCUT2D eigenvalue weighted by atomic mass is 32.2. The maximum Gasteiger partial charge on any atom is 0.0885 e. The van der Waals surface area contributed by atoms with Crippen molar-refractivity contribution in [3.8, 4) is 0 Å². The highest BCUT2D eigenvalue weighted by Crippen LogP contribution is 2.39. The van der Waals surface area contributed by atoms with Crippen molar-refractivity contribution in [2.24, 2.45) is 0 Å².